The van der Waals surface area contributed by atoms with Crippen LogP contribution in [0.4, 0.5) is 0 Å². The van der Waals surface area contributed by atoms with E-state index >= 15 is 0 Å². The molecule has 0 radical (unpaired) electrons. The first kappa shape index (κ1) is 15.6. The number of ether oxygens (including phenoxy) is 1. The molecule has 4 heteroatoms. The minimum Gasteiger partial charge on any atom is -0.464 e. The molecular formula is C22H20N2OS. The summed E-state index contributed by atoms with van der Waals surface area (Å²) >= 11 is 1.69. The minimum absolute atomic E-state index is 0.162. The maximum Gasteiger partial charge on any atom is 0.214 e. The van der Waals surface area contributed by atoms with E-state index in [0.29, 0.717) is 0 Å². The number of hydrazone groups is 1. The van der Waals surface area contributed by atoms with Crippen molar-refractivity contribution in [2.24, 2.45) is 5.10 Å². The quantitative estimate of drug-likeness (QED) is 0.593. The topological polar surface area (TPSA) is 24.8 Å². The molecule has 3 heterocycles. The van der Waals surface area contributed by atoms with Crippen LogP contribution < -0.4 is 4.74 Å². The van der Waals surface area contributed by atoms with Crippen LogP contribution in [-0.2, 0) is 0 Å². The molecule has 5 rings (SSSR count). The van der Waals surface area contributed by atoms with Crippen LogP contribution in [0.15, 0.2) is 64.4 Å². The van der Waals surface area contributed by atoms with Crippen molar-refractivity contribution in [2.45, 2.75) is 32.5 Å². The highest BCUT2D eigenvalue weighted by Gasteiger charge is 2.40. The Labute approximate surface area is 157 Å². The zero-order valence-corrected chi connectivity index (χ0v) is 15.7. The Morgan fingerprint density at radius 2 is 1.96 bits per heavy atom. The molecule has 0 saturated heterocycles. The van der Waals surface area contributed by atoms with Gasteiger partial charge in [-0.05, 0) is 59.5 Å². The van der Waals surface area contributed by atoms with Gasteiger partial charge in [0, 0.05) is 17.5 Å². The normalized spacial score (nSPS) is 21.0. The minimum atomic E-state index is -0.162. The Bertz CT molecular complexity index is 993. The van der Waals surface area contributed by atoms with Crippen molar-refractivity contribution in [3.05, 3.63) is 87.1 Å². The van der Waals surface area contributed by atoms with Crippen LogP contribution in [0.5, 0.6) is 5.75 Å². The smallest absolute Gasteiger partial charge is 0.214 e. The van der Waals surface area contributed by atoms with Gasteiger partial charge in [0.05, 0.1) is 11.8 Å². The zero-order chi connectivity index (χ0) is 17.7. The summed E-state index contributed by atoms with van der Waals surface area (Å²) in [6, 6.07) is 17.3. The van der Waals surface area contributed by atoms with Crippen molar-refractivity contribution >= 4 is 17.0 Å². The fourth-order valence-corrected chi connectivity index (χ4v) is 4.43. The van der Waals surface area contributed by atoms with E-state index in [9.17, 15) is 0 Å². The standard InChI is InChI=1S/C22H20N2OS/c1-14-7-8-16(11-15(14)2)19-12-20-18-5-3-4-6-21(18)25-22(24(20)23-19)17-9-10-26-13-17/h3-11,13,20,22H,12H2,1-2H3/t20-,22-/m0/s1. The molecule has 26 heavy (non-hydrogen) atoms. The van der Waals surface area contributed by atoms with Gasteiger partial charge in [-0.1, -0.05) is 30.3 Å². The molecule has 1 aromatic heterocycles. The molecule has 0 spiro atoms. The molecule has 0 N–H and O–H groups in total. The maximum absolute atomic E-state index is 6.34. The Kier molecular flexibility index (Phi) is 3.61. The summed E-state index contributed by atoms with van der Waals surface area (Å²) in [6.07, 6.45) is 0.744. The molecule has 2 aliphatic heterocycles. The second kappa shape index (κ2) is 5.99. The average Bonchev–Trinajstić information content (AvgIpc) is 3.33. The second-order valence-electron chi connectivity index (χ2n) is 7.01. The first-order valence-electron chi connectivity index (χ1n) is 8.92. The number of fused-ring (bicyclic) bond motifs is 3. The Hall–Kier alpha value is -2.59. The average molecular weight is 360 g/mol. The summed E-state index contributed by atoms with van der Waals surface area (Å²) in [5.41, 5.74) is 7.36. The summed E-state index contributed by atoms with van der Waals surface area (Å²) in [5.74, 6) is 0.974. The lowest BCUT2D eigenvalue weighted by Crippen LogP contribution is -2.33. The number of thiophene rings is 1. The van der Waals surface area contributed by atoms with E-state index in [2.05, 4.69) is 72.1 Å². The highest BCUT2D eigenvalue weighted by molar-refractivity contribution is 7.07. The first-order chi connectivity index (χ1) is 12.7. The van der Waals surface area contributed by atoms with Crippen LogP contribution in [0, 0.1) is 13.8 Å². The number of benzene rings is 2. The molecule has 2 atom stereocenters. The second-order valence-corrected chi connectivity index (χ2v) is 7.79. The van der Waals surface area contributed by atoms with Crippen molar-refractivity contribution in [1.82, 2.24) is 5.01 Å². The van der Waals surface area contributed by atoms with E-state index in [4.69, 9.17) is 9.84 Å². The van der Waals surface area contributed by atoms with Crippen LogP contribution in [0.1, 0.15) is 46.5 Å². The molecule has 0 fully saturated rings. The summed E-state index contributed by atoms with van der Waals surface area (Å²) in [4.78, 5) is 0. The summed E-state index contributed by atoms with van der Waals surface area (Å²) in [5, 5.41) is 11.4. The van der Waals surface area contributed by atoms with Crippen LogP contribution in [0.2, 0.25) is 0 Å². The van der Waals surface area contributed by atoms with Gasteiger partial charge in [0.1, 0.15) is 5.75 Å². The van der Waals surface area contributed by atoms with Crippen molar-refractivity contribution < 1.29 is 4.74 Å². The van der Waals surface area contributed by atoms with Gasteiger partial charge in [-0.15, -0.1) is 0 Å². The van der Waals surface area contributed by atoms with Gasteiger partial charge in [-0.25, -0.2) is 5.01 Å². The Balaban J connectivity index is 1.59. The zero-order valence-electron chi connectivity index (χ0n) is 14.8. The van der Waals surface area contributed by atoms with Gasteiger partial charge in [-0.3, -0.25) is 0 Å². The molecule has 2 aliphatic rings. The van der Waals surface area contributed by atoms with Crippen LogP contribution in [0.3, 0.4) is 0 Å². The third-order valence-corrected chi connectivity index (χ3v) is 6.07. The van der Waals surface area contributed by atoms with E-state index < -0.39 is 0 Å². The largest absolute Gasteiger partial charge is 0.464 e. The Morgan fingerprint density at radius 3 is 2.77 bits per heavy atom. The molecule has 0 saturated carbocycles. The lowest BCUT2D eigenvalue weighted by Gasteiger charge is -2.37. The molecule has 130 valence electrons. The summed E-state index contributed by atoms with van der Waals surface area (Å²) < 4.78 is 6.34. The number of hydrogen-bond donors (Lipinski definition) is 0. The first-order valence-corrected chi connectivity index (χ1v) is 9.86. The van der Waals surface area contributed by atoms with Crippen LogP contribution in [0.25, 0.3) is 0 Å². The van der Waals surface area contributed by atoms with E-state index in [1.54, 1.807) is 11.3 Å². The van der Waals surface area contributed by atoms with Crippen LogP contribution in [-0.4, -0.2) is 10.7 Å². The third kappa shape index (κ3) is 2.44. The third-order valence-electron chi connectivity index (χ3n) is 5.37. The number of nitrogens with zero attached hydrogens (tertiary/aromatic N) is 2. The number of para-hydroxylation sites is 1. The number of hydrogen-bond acceptors (Lipinski definition) is 4. The highest BCUT2D eigenvalue weighted by atomic mass is 32.1. The molecule has 0 aliphatic carbocycles. The number of rotatable bonds is 2. The van der Waals surface area contributed by atoms with Gasteiger partial charge >= 0.3 is 0 Å². The fourth-order valence-electron chi connectivity index (χ4n) is 3.77. The lowest BCUT2D eigenvalue weighted by atomic mass is 9.95. The number of aryl methyl sites for hydroxylation is 2. The molecule has 3 aromatic rings. The van der Waals surface area contributed by atoms with Gasteiger partial charge < -0.3 is 4.74 Å². The van der Waals surface area contributed by atoms with E-state index in [1.807, 2.05) is 6.07 Å². The van der Waals surface area contributed by atoms with E-state index in [0.717, 1.165) is 17.9 Å². The molecule has 3 nitrogen and oxygen atoms in total. The Morgan fingerprint density at radius 1 is 1.08 bits per heavy atom. The molecular weight excluding hydrogens is 340 g/mol. The van der Waals surface area contributed by atoms with Crippen LogP contribution >= 0.6 is 11.3 Å². The monoisotopic (exact) mass is 360 g/mol. The molecule has 0 amide bonds. The fraction of sp³-hybridized carbons (Fsp3) is 0.227. The molecule has 0 bridgehead atoms. The van der Waals surface area contributed by atoms with Crippen molar-refractivity contribution in [3.63, 3.8) is 0 Å². The van der Waals surface area contributed by atoms with Crippen molar-refractivity contribution in [3.8, 4) is 5.75 Å². The molecule has 2 aromatic carbocycles. The predicted molar refractivity (Wildman–Crippen MR) is 106 cm³/mol. The van der Waals surface area contributed by atoms with E-state index in [-0.39, 0.29) is 12.3 Å². The van der Waals surface area contributed by atoms with Gasteiger partial charge in [0.2, 0.25) is 6.23 Å². The van der Waals surface area contributed by atoms with E-state index in [1.165, 1.54) is 27.8 Å². The SMILES string of the molecule is Cc1ccc(C2=NN3[C@@H](C2)c2ccccc2O[C@H]3c2ccsc2)cc1C. The predicted octanol–water partition coefficient (Wildman–Crippen LogP) is 5.61. The van der Waals surface area contributed by atoms with Gasteiger partial charge in [0.25, 0.3) is 0 Å². The molecule has 0 unspecified atom stereocenters. The maximum atomic E-state index is 6.34. The lowest BCUT2D eigenvalue weighted by molar-refractivity contribution is -0.0187. The highest BCUT2D eigenvalue weighted by Crippen LogP contribution is 2.47. The van der Waals surface area contributed by atoms with Crippen molar-refractivity contribution in [1.29, 1.82) is 0 Å². The van der Waals surface area contributed by atoms with Crippen molar-refractivity contribution in [2.75, 3.05) is 0 Å². The summed E-state index contributed by atoms with van der Waals surface area (Å²) in [7, 11) is 0. The summed E-state index contributed by atoms with van der Waals surface area (Å²) in [6.45, 7) is 4.31. The van der Waals surface area contributed by atoms with Gasteiger partial charge in [0.15, 0.2) is 0 Å². The van der Waals surface area contributed by atoms with Gasteiger partial charge in [-0.2, -0.15) is 16.4 Å².